The Labute approximate surface area is 146 Å². The van der Waals surface area contributed by atoms with Crippen LogP contribution >= 0.6 is 0 Å². The van der Waals surface area contributed by atoms with Crippen LogP contribution in [0.3, 0.4) is 0 Å². The summed E-state index contributed by atoms with van der Waals surface area (Å²) < 4.78 is 11.3. The van der Waals surface area contributed by atoms with Crippen LogP contribution in [0.2, 0.25) is 0 Å². The Bertz CT molecular complexity index is 519. The molecule has 0 aliphatic carbocycles. The smallest absolute Gasteiger partial charge is 0.256 e. The topological polar surface area (TPSA) is 60.5 Å². The fourth-order valence-corrected chi connectivity index (χ4v) is 2.41. The summed E-state index contributed by atoms with van der Waals surface area (Å²) in [5.74, 6) is 0.472. The molecule has 0 radical (unpaired) electrons. The number of anilines is 1. The quantitative estimate of drug-likeness (QED) is 0.605. The van der Waals surface area contributed by atoms with Crippen LogP contribution in [0.4, 0.5) is 5.69 Å². The average Bonchev–Trinajstić information content (AvgIpc) is 2.55. The fraction of sp³-hybridized carbons (Fsp3) is 0.684. The maximum absolute atomic E-state index is 12.7. The van der Waals surface area contributed by atoms with Crippen LogP contribution < -0.4 is 10.1 Å². The molecule has 0 aliphatic heterocycles. The molecule has 0 fully saturated rings. The summed E-state index contributed by atoms with van der Waals surface area (Å²) in [7, 11) is 0. The van der Waals surface area contributed by atoms with Crippen molar-refractivity contribution in [2.75, 3.05) is 18.5 Å². The number of rotatable bonds is 11. The highest BCUT2D eigenvalue weighted by Crippen LogP contribution is 2.23. The van der Waals surface area contributed by atoms with E-state index in [0.29, 0.717) is 31.2 Å². The number of pyridine rings is 1. The Balaban J connectivity index is 2.77. The zero-order chi connectivity index (χ0) is 18.0. The molecule has 0 aromatic carbocycles. The van der Waals surface area contributed by atoms with Crippen molar-refractivity contribution < 1.29 is 14.3 Å². The number of ether oxygens (including phenoxy) is 2. The molecule has 5 heteroatoms. The molecule has 1 N–H and O–H groups in total. The normalized spacial score (nSPS) is 13.4. The van der Waals surface area contributed by atoms with Gasteiger partial charge in [0.05, 0.1) is 18.0 Å². The van der Waals surface area contributed by atoms with Gasteiger partial charge in [0.25, 0.3) is 5.91 Å². The third kappa shape index (κ3) is 6.11. The van der Waals surface area contributed by atoms with Gasteiger partial charge in [-0.1, -0.05) is 33.1 Å². The second-order valence-corrected chi connectivity index (χ2v) is 6.21. The van der Waals surface area contributed by atoms with E-state index in [9.17, 15) is 4.79 Å². The van der Waals surface area contributed by atoms with Gasteiger partial charge in [0, 0.05) is 12.7 Å². The number of unbranched alkanes of at least 4 members (excludes halogenated alkanes) is 2. The Morgan fingerprint density at radius 2 is 1.92 bits per heavy atom. The van der Waals surface area contributed by atoms with Crippen LogP contribution in [0.5, 0.6) is 5.88 Å². The van der Waals surface area contributed by atoms with Crippen molar-refractivity contribution in [2.45, 2.75) is 72.3 Å². The van der Waals surface area contributed by atoms with Crippen molar-refractivity contribution in [3.8, 4) is 5.88 Å². The number of nitrogens with zero attached hydrogens (tertiary/aromatic N) is 1. The number of hydrogen-bond acceptors (Lipinski definition) is 4. The van der Waals surface area contributed by atoms with E-state index in [4.69, 9.17) is 9.47 Å². The Hall–Kier alpha value is -1.62. The number of nitrogens with one attached hydrogen (secondary N) is 1. The van der Waals surface area contributed by atoms with Crippen LogP contribution in [0, 0.1) is 6.92 Å². The van der Waals surface area contributed by atoms with Crippen molar-refractivity contribution in [1.82, 2.24) is 4.98 Å². The van der Waals surface area contributed by atoms with E-state index < -0.39 is 5.60 Å². The van der Waals surface area contributed by atoms with Gasteiger partial charge in [-0.25, -0.2) is 4.98 Å². The van der Waals surface area contributed by atoms with E-state index >= 15 is 0 Å². The van der Waals surface area contributed by atoms with Crippen molar-refractivity contribution in [2.24, 2.45) is 0 Å². The lowest BCUT2D eigenvalue weighted by Gasteiger charge is -2.28. The molecule has 1 rings (SSSR count). The number of hydrogen-bond donors (Lipinski definition) is 1. The molecule has 1 aromatic rings. The molecule has 1 amide bonds. The van der Waals surface area contributed by atoms with E-state index in [-0.39, 0.29) is 5.91 Å². The molecule has 0 saturated carbocycles. The lowest BCUT2D eigenvalue weighted by Crippen LogP contribution is -2.43. The second-order valence-electron chi connectivity index (χ2n) is 6.21. The van der Waals surface area contributed by atoms with Crippen LogP contribution in [-0.2, 0) is 9.53 Å². The van der Waals surface area contributed by atoms with E-state index in [1.165, 1.54) is 0 Å². The van der Waals surface area contributed by atoms with Gasteiger partial charge < -0.3 is 14.8 Å². The Kier molecular flexibility index (Phi) is 8.76. The first kappa shape index (κ1) is 20.4. The number of carbonyl (C=O) groups excluding carboxylic acids is 1. The molecular weight excluding hydrogens is 304 g/mol. The molecule has 0 spiro atoms. The minimum Gasteiger partial charge on any atom is -0.478 e. The summed E-state index contributed by atoms with van der Waals surface area (Å²) in [6, 6.07) is 3.63. The number of carbonyl (C=O) groups is 1. The predicted octanol–water partition coefficient (Wildman–Crippen LogP) is 4.49. The first-order valence-corrected chi connectivity index (χ1v) is 9.02. The van der Waals surface area contributed by atoms with E-state index in [0.717, 1.165) is 31.4 Å². The summed E-state index contributed by atoms with van der Waals surface area (Å²) in [6.45, 7) is 11.0. The highest BCUT2D eigenvalue weighted by Gasteiger charge is 2.33. The SMILES string of the molecule is CCCCOc1ccc(NC(=O)C(C)(CCCC)OCC)c(C)n1. The second kappa shape index (κ2) is 10.3. The van der Waals surface area contributed by atoms with Gasteiger partial charge in [-0.15, -0.1) is 0 Å². The average molecular weight is 336 g/mol. The van der Waals surface area contributed by atoms with Crippen LogP contribution in [0.15, 0.2) is 12.1 Å². The monoisotopic (exact) mass is 336 g/mol. The predicted molar refractivity (Wildman–Crippen MR) is 97.6 cm³/mol. The third-order valence-electron chi connectivity index (χ3n) is 4.01. The molecule has 1 unspecified atom stereocenters. The first-order chi connectivity index (χ1) is 11.5. The molecule has 1 aromatic heterocycles. The van der Waals surface area contributed by atoms with E-state index in [1.54, 1.807) is 6.07 Å². The fourth-order valence-electron chi connectivity index (χ4n) is 2.41. The standard InChI is InChI=1S/C19H32N2O3/c1-6-9-13-19(5,24-8-3)18(22)21-16-11-12-17(20-15(16)4)23-14-10-7-2/h11-12H,6-10,13-14H2,1-5H3,(H,21,22). The molecule has 24 heavy (non-hydrogen) atoms. The van der Waals surface area contributed by atoms with Crippen LogP contribution in [0.25, 0.3) is 0 Å². The van der Waals surface area contributed by atoms with Crippen molar-refractivity contribution in [1.29, 1.82) is 0 Å². The first-order valence-electron chi connectivity index (χ1n) is 9.02. The van der Waals surface area contributed by atoms with Gasteiger partial charge in [0.2, 0.25) is 5.88 Å². The zero-order valence-corrected chi connectivity index (χ0v) is 15.8. The highest BCUT2D eigenvalue weighted by molar-refractivity contribution is 5.97. The molecule has 1 heterocycles. The van der Waals surface area contributed by atoms with Gasteiger partial charge in [-0.05, 0) is 39.7 Å². The van der Waals surface area contributed by atoms with Gasteiger partial charge in [0.15, 0.2) is 0 Å². The minimum atomic E-state index is -0.812. The molecule has 5 nitrogen and oxygen atoms in total. The van der Waals surface area contributed by atoms with Gasteiger partial charge in [-0.3, -0.25) is 4.79 Å². The van der Waals surface area contributed by atoms with E-state index in [2.05, 4.69) is 24.1 Å². The molecule has 1 atom stereocenters. The maximum Gasteiger partial charge on any atom is 0.256 e. The molecule has 0 aliphatic rings. The lowest BCUT2D eigenvalue weighted by atomic mass is 9.97. The zero-order valence-electron chi connectivity index (χ0n) is 15.8. The number of amides is 1. The largest absolute Gasteiger partial charge is 0.478 e. The van der Waals surface area contributed by atoms with Crippen LogP contribution in [0.1, 0.15) is 65.5 Å². The minimum absolute atomic E-state index is 0.123. The van der Waals surface area contributed by atoms with Gasteiger partial charge in [-0.2, -0.15) is 0 Å². The Morgan fingerprint density at radius 1 is 1.21 bits per heavy atom. The summed E-state index contributed by atoms with van der Waals surface area (Å²) in [5.41, 5.74) is 0.630. The molecular formula is C19H32N2O3. The van der Waals surface area contributed by atoms with Crippen molar-refractivity contribution in [3.63, 3.8) is 0 Å². The highest BCUT2D eigenvalue weighted by atomic mass is 16.5. The number of aromatic nitrogens is 1. The van der Waals surface area contributed by atoms with E-state index in [1.807, 2.05) is 26.8 Å². The third-order valence-corrected chi connectivity index (χ3v) is 4.01. The van der Waals surface area contributed by atoms with Gasteiger partial charge in [0.1, 0.15) is 5.60 Å². The summed E-state index contributed by atoms with van der Waals surface area (Å²) in [5, 5.41) is 2.96. The molecule has 0 bridgehead atoms. The lowest BCUT2D eigenvalue weighted by molar-refractivity contribution is -0.139. The molecule has 0 saturated heterocycles. The van der Waals surface area contributed by atoms with Crippen molar-refractivity contribution >= 4 is 11.6 Å². The molecule has 136 valence electrons. The summed E-state index contributed by atoms with van der Waals surface area (Å²) in [4.78, 5) is 17.1. The Morgan fingerprint density at radius 3 is 2.50 bits per heavy atom. The number of aryl methyl sites for hydroxylation is 1. The van der Waals surface area contributed by atoms with Crippen molar-refractivity contribution in [3.05, 3.63) is 17.8 Å². The summed E-state index contributed by atoms with van der Waals surface area (Å²) in [6.07, 6.45) is 4.77. The summed E-state index contributed by atoms with van der Waals surface area (Å²) >= 11 is 0. The van der Waals surface area contributed by atoms with Gasteiger partial charge >= 0.3 is 0 Å². The van der Waals surface area contributed by atoms with Crippen LogP contribution in [-0.4, -0.2) is 29.7 Å². The maximum atomic E-state index is 12.7.